The largest absolute Gasteiger partial charge is 0.396 e. The molecule has 0 spiro atoms. The van der Waals surface area contributed by atoms with Crippen molar-refractivity contribution in [3.63, 3.8) is 0 Å². The Morgan fingerprint density at radius 2 is 2.00 bits per heavy atom. The van der Waals surface area contributed by atoms with Crippen LogP contribution in [0.15, 0.2) is 0 Å². The minimum atomic E-state index is -0.537. The van der Waals surface area contributed by atoms with Crippen molar-refractivity contribution in [3.05, 3.63) is 0 Å². The predicted molar refractivity (Wildman–Crippen MR) is 40.6 cm³/mol. The third kappa shape index (κ3) is 3.82. The summed E-state index contributed by atoms with van der Waals surface area (Å²) in [4.78, 5) is 0. The van der Waals surface area contributed by atoms with E-state index in [4.69, 9.17) is 15.9 Å². The average molecular weight is 147 g/mol. The van der Waals surface area contributed by atoms with Crippen LogP contribution in [0.2, 0.25) is 0 Å². The van der Waals surface area contributed by atoms with E-state index in [1.807, 2.05) is 6.92 Å². The van der Waals surface area contributed by atoms with Crippen molar-refractivity contribution in [2.24, 2.45) is 5.73 Å². The van der Waals surface area contributed by atoms with Crippen LogP contribution in [0.3, 0.4) is 0 Å². The second-order valence-corrected chi connectivity index (χ2v) is 2.53. The molecule has 0 fully saturated rings. The van der Waals surface area contributed by atoms with Gasteiger partial charge in [-0.05, 0) is 12.8 Å². The number of aliphatic hydroxyl groups excluding tert-OH is 2. The van der Waals surface area contributed by atoms with Crippen LogP contribution in [0.25, 0.3) is 0 Å². The molecule has 0 aromatic heterocycles. The normalized spacial score (nSPS) is 16.8. The van der Waals surface area contributed by atoms with Crippen molar-refractivity contribution < 1.29 is 10.2 Å². The summed E-state index contributed by atoms with van der Waals surface area (Å²) in [5, 5.41) is 17.6. The molecule has 4 N–H and O–H groups in total. The molecule has 2 atom stereocenters. The Labute approximate surface area is 61.9 Å². The summed E-state index contributed by atoms with van der Waals surface area (Å²) in [5.74, 6) is 0. The van der Waals surface area contributed by atoms with Gasteiger partial charge in [-0.1, -0.05) is 13.3 Å². The highest BCUT2D eigenvalue weighted by Crippen LogP contribution is 2.02. The minimum Gasteiger partial charge on any atom is -0.396 e. The van der Waals surface area contributed by atoms with E-state index in [2.05, 4.69) is 0 Å². The SMILES string of the molecule is CCCC(N)C(O)CCO. The molecule has 3 heteroatoms. The lowest BCUT2D eigenvalue weighted by atomic mass is 10.0. The maximum atomic E-state index is 9.16. The van der Waals surface area contributed by atoms with E-state index in [1.165, 1.54) is 0 Å². The predicted octanol–water partition coefficient (Wildman–Crippen LogP) is -0.143. The maximum absolute atomic E-state index is 9.16. The van der Waals surface area contributed by atoms with Crippen molar-refractivity contribution in [2.75, 3.05) is 6.61 Å². The van der Waals surface area contributed by atoms with Gasteiger partial charge in [0.05, 0.1) is 6.10 Å². The van der Waals surface area contributed by atoms with E-state index in [-0.39, 0.29) is 12.6 Å². The third-order valence-electron chi connectivity index (χ3n) is 1.54. The van der Waals surface area contributed by atoms with Gasteiger partial charge in [0.25, 0.3) is 0 Å². The first-order valence-corrected chi connectivity index (χ1v) is 3.76. The van der Waals surface area contributed by atoms with Crippen molar-refractivity contribution >= 4 is 0 Å². The van der Waals surface area contributed by atoms with Crippen LogP contribution in [0.5, 0.6) is 0 Å². The van der Waals surface area contributed by atoms with E-state index in [9.17, 15) is 0 Å². The monoisotopic (exact) mass is 147 g/mol. The van der Waals surface area contributed by atoms with Crippen LogP contribution in [0, 0.1) is 0 Å². The van der Waals surface area contributed by atoms with Gasteiger partial charge in [-0.15, -0.1) is 0 Å². The van der Waals surface area contributed by atoms with Gasteiger partial charge in [-0.3, -0.25) is 0 Å². The zero-order chi connectivity index (χ0) is 7.98. The van der Waals surface area contributed by atoms with Crippen LogP contribution in [0.1, 0.15) is 26.2 Å². The lowest BCUT2D eigenvalue weighted by molar-refractivity contribution is 0.106. The second kappa shape index (κ2) is 5.65. The fraction of sp³-hybridized carbons (Fsp3) is 1.00. The smallest absolute Gasteiger partial charge is 0.0712 e. The van der Waals surface area contributed by atoms with E-state index < -0.39 is 6.10 Å². The number of aliphatic hydroxyl groups is 2. The first kappa shape index (κ1) is 9.88. The van der Waals surface area contributed by atoms with Gasteiger partial charge in [0, 0.05) is 12.6 Å². The van der Waals surface area contributed by atoms with Crippen LogP contribution in [-0.4, -0.2) is 29.0 Å². The van der Waals surface area contributed by atoms with Crippen molar-refractivity contribution in [3.8, 4) is 0 Å². The molecule has 3 nitrogen and oxygen atoms in total. The first-order chi connectivity index (χ1) is 4.72. The number of rotatable bonds is 5. The van der Waals surface area contributed by atoms with Crippen molar-refractivity contribution in [1.82, 2.24) is 0 Å². The molecule has 0 aliphatic heterocycles. The van der Waals surface area contributed by atoms with Crippen LogP contribution in [-0.2, 0) is 0 Å². The summed E-state index contributed by atoms with van der Waals surface area (Å²) in [7, 11) is 0. The zero-order valence-electron chi connectivity index (χ0n) is 6.45. The fourth-order valence-electron chi connectivity index (χ4n) is 0.872. The Morgan fingerprint density at radius 3 is 2.40 bits per heavy atom. The summed E-state index contributed by atoms with van der Waals surface area (Å²) in [6.45, 7) is 2.03. The van der Waals surface area contributed by atoms with E-state index >= 15 is 0 Å². The van der Waals surface area contributed by atoms with Crippen LogP contribution < -0.4 is 5.73 Å². The van der Waals surface area contributed by atoms with Gasteiger partial charge < -0.3 is 15.9 Å². The van der Waals surface area contributed by atoms with Crippen LogP contribution in [0.4, 0.5) is 0 Å². The average Bonchev–Trinajstić information content (AvgIpc) is 1.89. The summed E-state index contributed by atoms with van der Waals surface area (Å²) in [5.41, 5.74) is 5.55. The van der Waals surface area contributed by atoms with Gasteiger partial charge in [-0.25, -0.2) is 0 Å². The number of hydrogen-bond donors (Lipinski definition) is 3. The fourth-order valence-corrected chi connectivity index (χ4v) is 0.872. The molecule has 10 heavy (non-hydrogen) atoms. The minimum absolute atomic E-state index is 0.0125. The summed E-state index contributed by atoms with van der Waals surface area (Å²) in [6.07, 6.45) is 1.65. The summed E-state index contributed by atoms with van der Waals surface area (Å²) < 4.78 is 0. The molecule has 0 amide bonds. The quantitative estimate of drug-likeness (QED) is 0.507. The van der Waals surface area contributed by atoms with E-state index in [0.717, 1.165) is 12.8 Å². The molecule has 0 rings (SSSR count). The van der Waals surface area contributed by atoms with Gasteiger partial charge in [0.1, 0.15) is 0 Å². The highest BCUT2D eigenvalue weighted by molar-refractivity contribution is 4.70. The lowest BCUT2D eigenvalue weighted by Gasteiger charge is -2.16. The molecular weight excluding hydrogens is 130 g/mol. The van der Waals surface area contributed by atoms with Gasteiger partial charge in [0.15, 0.2) is 0 Å². The Hall–Kier alpha value is -0.120. The molecule has 0 aromatic carbocycles. The molecule has 0 saturated carbocycles. The summed E-state index contributed by atoms with van der Waals surface area (Å²) in [6, 6.07) is -0.169. The number of nitrogens with two attached hydrogens (primary N) is 1. The van der Waals surface area contributed by atoms with E-state index in [1.54, 1.807) is 0 Å². The Bertz CT molecular complexity index is 68.0. The Morgan fingerprint density at radius 1 is 1.40 bits per heavy atom. The molecule has 0 heterocycles. The molecule has 2 unspecified atom stereocenters. The first-order valence-electron chi connectivity index (χ1n) is 3.76. The summed E-state index contributed by atoms with van der Waals surface area (Å²) >= 11 is 0. The molecule has 0 radical (unpaired) electrons. The lowest BCUT2D eigenvalue weighted by Crippen LogP contribution is -2.34. The van der Waals surface area contributed by atoms with Gasteiger partial charge in [-0.2, -0.15) is 0 Å². The number of hydrogen-bond acceptors (Lipinski definition) is 3. The van der Waals surface area contributed by atoms with E-state index in [0.29, 0.717) is 6.42 Å². The molecular formula is C7H17NO2. The third-order valence-corrected chi connectivity index (χ3v) is 1.54. The highest BCUT2D eigenvalue weighted by Gasteiger charge is 2.11. The molecule has 62 valence electrons. The van der Waals surface area contributed by atoms with Gasteiger partial charge >= 0.3 is 0 Å². The molecule has 0 saturated heterocycles. The van der Waals surface area contributed by atoms with Gasteiger partial charge in [0.2, 0.25) is 0 Å². The molecule has 0 aliphatic rings. The maximum Gasteiger partial charge on any atom is 0.0712 e. The zero-order valence-corrected chi connectivity index (χ0v) is 6.45. The molecule has 0 bridgehead atoms. The molecule has 0 aromatic rings. The van der Waals surface area contributed by atoms with Crippen molar-refractivity contribution in [2.45, 2.75) is 38.3 Å². The van der Waals surface area contributed by atoms with Crippen LogP contribution >= 0.6 is 0 Å². The highest BCUT2D eigenvalue weighted by atomic mass is 16.3. The topological polar surface area (TPSA) is 66.5 Å². The standard InChI is InChI=1S/C7H17NO2/c1-2-3-6(8)7(10)4-5-9/h6-7,9-10H,2-5,8H2,1H3. The van der Waals surface area contributed by atoms with Crippen molar-refractivity contribution in [1.29, 1.82) is 0 Å². The molecule has 0 aliphatic carbocycles. The second-order valence-electron chi connectivity index (χ2n) is 2.53. The Kier molecular flexibility index (Phi) is 5.58. The Balaban J connectivity index is 3.38.